The first kappa shape index (κ1) is 34.6. The van der Waals surface area contributed by atoms with E-state index in [1.54, 1.807) is 0 Å². The fraction of sp³-hybridized carbons (Fsp3) is 0.917. The van der Waals surface area contributed by atoms with E-state index in [2.05, 4.69) is 17.0 Å². The van der Waals surface area contributed by atoms with E-state index in [0.29, 0.717) is 92.4 Å². The summed E-state index contributed by atoms with van der Waals surface area (Å²) in [5.41, 5.74) is 0. The minimum Gasteiger partial charge on any atom is -0.480 e. The standard InChI is InChI=1S/C24H47NO11/c1-2-3-4-5-7-29-9-11-31-13-15-33-17-19-35-20-18-34-16-14-32-12-10-30-8-6-25-23(26)21-36-22-24(27)28/h2-22H2,1H3,(H,25,26)(H,27,28). The molecule has 0 fully saturated rings. The molecular weight excluding hydrogens is 478 g/mol. The summed E-state index contributed by atoms with van der Waals surface area (Å²) in [7, 11) is 0. The fourth-order valence-corrected chi connectivity index (χ4v) is 2.60. The number of carboxylic acid groups (broad SMARTS) is 1. The molecular formula is C24H47NO11. The van der Waals surface area contributed by atoms with Crippen LogP contribution in [0.2, 0.25) is 0 Å². The van der Waals surface area contributed by atoms with Gasteiger partial charge in [0, 0.05) is 13.2 Å². The Labute approximate surface area is 215 Å². The minimum atomic E-state index is -1.12. The number of hydrogen-bond acceptors (Lipinski definition) is 10. The van der Waals surface area contributed by atoms with Crippen LogP contribution >= 0.6 is 0 Å². The van der Waals surface area contributed by atoms with Crippen molar-refractivity contribution < 1.29 is 52.6 Å². The van der Waals surface area contributed by atoms with Crippen molar-refractivity contribution in [3.8, 4) is 0 Å². The van der Waals surface area contributed by atoms with Gasteiger partial charge in [-0.3, -0.25) is 4.79 Å². The average molecular weight is 526 g/mol. The van der Waals surface area contributed by atoms with Crippen LogP contribution in [0.1, 0.15) is 32.6 Å². The maximum absolute atomic E-state index is 11.3. The molecule has 0 aromatic carbocycles. The number of unbranched alkanes of at least 4 members (excludes halogenated alkanes) is 3. The molecule has 0 bridgehead atoms. The van der Waals surface area contributed by atoms with Crippen LogP contribution in [0.5, 0.6) is 0 Å². The van der Waals surface area contributed by atoms with E-state index in [9.17, 15) is 9.59 Å². The fourth-order valence-electron chi connectivity index (χ4n) is 2.60. The summed E-state index contributed by atoms with van der Waals surface area (Å²) in [4.78, 5) is 21.6. The van der Waals surface area contributed by atoms with Crippen molar-refractivity contribution in [3.05, 3.63) is 0 Å². The lowest BCUT2D eigenvalue weighted by Gasteiger charge is -2.09. The molecule has 0 spiro atoms. The number of carboxylic acids is 1. The van der Waals surface area contributed by atoms with Crippen molar-refractivity contribution in [2.45, 2.75) is 32.6 Å². The van der Waals surface area contributed by atoms with Crippen molar-refractivity contribution in [2.75, 3.05) is 112 Å². The quantitative estimate of drug-likeness (QED) is 0.129. The molecule has 0 aliphatic heterocycles. The number of rotatable bonds is 30. The Balaban J connectivity index is 3.09. The second-order valence-electron chi connectivity index (χ2n) is 7.58. The zero-order valence-corrected chi connectivity index (χ0v) is 21.9. The molecule has 1 amide bonds. The first-order valence-electron chi connectivity index (χ1n) is 12.8. The largest absolute Gasteiger partial charge is 0.480 e. The van der Waals surface area contributed by atoms with Gasteiger partial charge in [0.05, 0.1) is 85.9 Å². The SMILES string of the molecule is CCCCCCOCCOCCOCCOCCOCCOCCOCCNC(=O)COCC(=O)O. The number of carbonyl (C=O) groups is 2. The van der Waals surface area contributed by atoms with Crippen LogP contribution in [-0.2, 0) is 47.5 Å². The van der Waals surface area contributed by atoms with Gasteiger partial charge in [0.25, 0.3) is 0 Å². The molecule has 0 aliphatic carbocycles. The molecule has 12 nitrogen and oxygen atoms in total. The van der Waals surface area contributed by atoms with Gasteiger partial charge >= 0.3 is 5.97 Å². The molecule has 0 saturated carbocycles. The molecule has 2 N–H and O–H groups in total. The van der Waals surface area contributed by atoms with Crippen molar-refractivity contribution in [1.29, 1.82) is 0 Å². The molecule has 0 aromatic heterocycles. The van der Waals surface area contributed by atoms with Crippen molar-refractivity contribution in [1.82, 2.24) is 5.32 Å². The highest BCUT2D eigenvalue weighted by Crippen LogP contribution is 1.98. The number of carbonyl (C=O) groups excluding carboxylic acids is 1. The molecule has 0 rings (SSSR count). The Morgan fingerprint density at radius 1 is 0.528 bits per heavy atom. The first-order chi connectivity index (χ1) is 17.7. The molecule has 0 heterocycles. The number of amides is 1. The predicted octanol–water partition coefficient (Wildman–Crippen LogP) is 0.900. The summed E-state index contributed by atoms with van der Waals surface area (Å²) in [5.74, 6) is -1.51. The van der Waals surface area contributed by atoms with E-state index in [-0.39, 0.29) is 12.5 Å². The van der Waals surface area contributed by atoms with Crippen LogP contribution in [-0.4, -0.2) is 129 Å². The van der Waals surface area contributed by atoms with E-state index < -0.39 is 12.6 Å². The van der Waals surface area contributed by atoms with E-state index in [0.717, 1.165) is 13.0 Å². The molecule has 0 atom stereocenters. The highest BCUT2D eigenvalue weighted by atomic mass is 16.6. The summed E-state index contributed by atoms with van der Waals surface area (Å²) >= 11 is 0. The second-order valence-corrected chi connectivity index (χ2v) is 7.58. The number of ether oxygens (including phenoxy) is 8. The summed E-state index contributed by atoms with van der Waals surface area (Å²) in [6.07, 6.45) is 4.86. The predicted molar refractivity (Wildman–Crippen MR) is 131 cm³/mol. The number of nitrogens with one attached hydrogen (secondary N) is 1. The lowest BCUT2D eigenvalue weighted by atomic mass is 10.2. The molecule has 0 aliphatic rings. The number of aliphatic carboxylic acids is 1. The maximum atomic E-state index is 11.3. The normalized spacial score (nSPS) is 11.1. The van der Waals surface area contributed by atoms with Gasteiger partial charge in [0.2, 0.25) is 5.91 Å². The van der Waals surface area contributed by atoms with Crippen LogP contribution in [0.3, 0.4) is 0 Å². The molecule has 0 unspecified atom stereocenters. The maximum Gasteiger partial charge on any atom is 0.329 e. The third-order valence-corrected chi connectivity index (χ3v) is 4.40. The van der Waals surface area contributed by atoms with Crippen molar-refractivity contribution in [3.63, 3.8) is 0 Å². The van der Waals surface area contributed by atoms with Gasteiger partial charge in [-0.05, 0) is 6.42 Å². The summed E-state index contributed by atoms with van der Waals surface area (Å²) in [6.45, 7) is 8.90. The average Bonchev–Trinajstić information content (AvgIpc) is 2.86. The summed E-state index contributed by atoms with van der Waals surface area (Å²) in [5, 5.41) is 10.9. The van der Waals surface area contributed by atoms with Gasteiger partial charge in [-0.25, -0.2) is 4.79 Å². The lowest BCUT2D eigenvalue weighted by Crippen LogP contribution is -2.31. The number of hydrogen-bond donors (Lipinski definition) is 2. The molecule has 0 saturated heterocycles. The third kappa shape index (κ3) is 30.7. The minimum absolute atomic E-state index is 0.292. The van der Waals surface area contributed by atoms with Gasteiger partial charge in [-0.15, -0.1) is 0 Å². The zero-order valence-electron chi connectivity index (χ0n) is 21.9. The molecule has 0 aromatic rings. The smallest absolute Gasteiger partial charge is 0.329 e. The van der Waals surface area contributed by atoms with Crippen molar-refractivity contribution >= 4 is 11.9 Å². The first-order valence-corrected chi connectivity index (χ1v) is 12.8. The van der Waals surface area contributed by atoms with E-state index in [4.69, 9.17) is 38.3 Å². The van der Waals surface area contributed by atoms with Gasteiger partial charge in [-0.1, -0.05) is 26.2 Å². The van der Waals surface area contributed by atoms with Crippen LogP contribution < -0.4 is 5.32 Å². The topological polar surface area (TPSA) is 140 Å². The lowest BCUT2D eigenvalue weighted by molar-refractivity contribution is -0.143. The summed E-state index contributed by atoms with van der Waals surface area (Å²) in [6, 6.07) is 0. The zero-order chi connectivity index (χ0) is 26.4. The van der Waals surface area contributed by atoms with E-state index >= 15 is 0 Å². The third-order valence-electron chi connectivity index (χ3n) is 4.40. The Morgan fingerprint density at radius 3 is 1.36 bits per heavy atom. The Morgan fingerprint density at radius 2 is 0.944 bits per heavy atom. The Hall–Kier alpha value is -1.38. The highest BCUT2D eigenvalue weighted by molar-refractivity contribution is 5.77. The van der Waals surface area contributed by atoms with Gasteiger partial charge in [0.15, 0.2) is 0 Å². The van der Waals surface area contributed by atoms with Crippen LogP contribution in [0, 0.1) is 0 Å². The van der Waals surface area contributed by atoms with E-state index in [1.807, 2.05) is 0 Å². The van der Waals surface area contributed by atoms with Crippen LogP contribution in [0.15, 0.2) is 0 Å². The highest BCUT2D eigenvalue weighted by Gasteiger charge is 2.03. The monoisotopic (exact) mass is 525 g/mol. The Bertz CT molecular complexity index is 483. The molecule has 0 radical (unpaired) electrons. The van der Waals surface area contributed by atoms with E-state index in [1.165, 1.54) is 19.3 Å². The summed E-state index contributed by atoms with van der Waals surface area (Å²) < 4.78 is 42.6. The van der Waals surface area contributed by atoms with Gasteiger partial charge < -0.3 is 48.3 Å². The van der Waals surface area contributed by atoms with Gasteiger partial charge in [-0.2, -0.15) is 0 Å². The molecule has 36 heavy (non-hydrogen) atoms. The molecule has 12 heteroatoms. The Kier molecular flexibility index (Phi) is 28.7. The van der Waals surface area contributed by atoms with Crippen molar-refractivity contribution in [2.24, 2.45) is 0 Å². The van der Waals surface area contributed by atoms with Crippen LogP contribution in [0.4, 0.5) is 0 Å². The van der Waals surface area contributed by atoms with Gasteiger partial charge in [0.1, 0.15) is 13.2 Å². The second kappa shape index (κ2) is 29.8. The van der Waals surface area contributed by atoms with Crippen LogP contribution in [0.25, 0.3) is 0 Å². The molecule has 214 valence electrons.